The number of amides is 1. The average Bonchev–Trinajstić information content (AvgIpc) is 2.62. The van der Waals surface area contributed by atoms with Gasteiger partial charge in [0.2, 0.25) is 11.7 Å². The zero-order chi connectivity index (χ0) is 21.1. The minimum Gasteiger partial charge on any atom is -0.495 e. The average molecular weight is 389 g/mol. The van der Waals surface area contributed by atoms with Gasteiger partial charge >= 0.3 is 5.69 Å². The molecule has 1 amide bonds. The van der Waals surface area contributed by atoms with Crippen molar-refractivity contribution in [1.29, 1.82) is 0 Å². The summed E-state index contributed by atoms with van der Waals surface area (Å²) < 4.78 is 18.8. The number of nitrogens with zero attached hydrogens (tertiary/aromatic N) is 1. The summed E-state index contributed by atoms with van der Waals surface area (Å²) in [6, 6.07) is 8.25. The Labute approximate surface area is 163 Å². The van der Waals surface area contributed by atoms with Crippen molar-refractivity contribution in [3.05, 3.63) is 57.9 Å². The van der Waals surface area contributed by atoms with Crippen molar-refractivity contribution in [1.82, 2.24) is 0 Å². The molecule has 0 saturated heterocycles. The van der Waals surface area contributed by atoms with Crippen LogP contribution in [0.5, 0.6) is 5.75 Å². The molecule has 0 unspecified atom stereocenters. The van der Waals surface area contributed by atoms with Crippen LogP contribution in [-0.2, 0) is 10.2 Å². The number of methoxy groups -OCH3 is 1. The number of hydrogen-bond donors (Lipinski definition) is 2. The van der Waals surface area contributed by atoms with E-state index in [2.05, 4.69) is 31.4 Å². The molecular weight excluding hydrogens is 365 g/mol. The number of ether oxygens (including phenoxy) is 1. The predicted octanol–water partition coefficient (Wildman–Crippen LogP) is 4.48. The molecule has 0 spiro atoms. The van der Waals surface area contributed by atoms with Gasteiger partial charge in [-0.15, -0.1) is 0 Å². The highest BCUT2D eigenvalue weighted by Gasteiger charge is 2.20. The lowest BCUT2D eigenvalue weighted by Crippen LogP contribution is -2.32. The second-order valence-electron chi connectivity index (χ2n) is 7.44. The number of nitrogens with one attached hydrogen (secondary N) is 2. The van der Waals surface area contributed by atoms with E-state index in [1.807, 2.05) is 18.2 Å². The van der Waals surface area contributed by atoms with Gasteiger partial charge in [-0.1, -0.05) is 26.8 Å². The maximum Gasteiger partial charge on any atom is 0.306 e. The van der Waals surface area contributed by atoms with Crippen molar-refractivity contribution in [2.45, 2.75) is 39.2 Å². The van der Waals surface area contributed by atoms with Crippen molar-refractivity contribution < 1.29 is 18.8 Å². The number of rotatable bonds is 6. The topological polar surface area (TPSA) is 93.5 Å². The van der Waals surface area contributed by atoms with E-state index in [9.17, 15) is 19.3 Å². The van der Waals surface area contributed by atoms with Crippen LogP contribution in [0.15, 0.2) is 36.4 Å². The molecule has 0 aliphatic carbocycles. The SMILES string of the molecule is COc1ccc(C(C)(C)C)cc1N[C@H](C)C(=O)Nc1ccc(F)c([N+](=O)[O-])c1. The number of carbonyl (C=O) groups excluding carboxylic acids is 1. The minimum absolute atomic E-state index is 0.0821. The standard InChI is InChI=1S/C20H24FN3O4/c1-12(19(25)23-14-7-8-15(21)17(11-14)24(26)27)22-16-10-13(20(2,3)4)6-9-18(16)28-5/h6-12,22H,1-5H3,(H,23,25)/t12-/m1/s1. The number of carbonyl (C=O) groups is 1. The van der Waals surface area contributed by atoms with Gasteiger partial charge < -0.3 is 15.4 Å². The van der Waals surface area contributed by atoms with Gasteiger partial charge in [-0.2, -0.15) is 4.39 Å². The van der Waals surface area contributed by atoms with Crippen LogP contribution in [0, 0.1) is 15.9 Å². The Bertz CT molecular complexity index is 894. The van der Waals surface area contributed by atoms with Crippen molar-refractivity contribution in [2.24, 2.45) is 0 Å². The normalized spacial score (nSPS) is 12.2. The summed E-state index contributed by atoms with van der Waals surface area (Å²) in [7, 11) is 1.54. The zero-order valence-electron chi connectivity index (χ0n) is 16.5. The molecule has 7 nitrogen and oxygen atoms in total. The summed E-state index contributed by atoms with van der Waals surface area (Å²) in [5.41, 5.74) is 1.08. The van der Waals surface area contributed by atoms with E-state index < -0.39 is 28.4 Å². The van der Waals surface area contributed by atoms with Crippen molar-refractivity contribution in [2.75, 3.05) is 17.7 Å². The summed E-state index contributed by atoms with van der Waals surface area (Å²) >= 11 is 0. The molecule has 28 heavy (non-hydrogen) atoms. The van der Waals surface area contributed by atoms with Gasteiger partial charge in [-0.05, 0) is 42.2 Å². The molecule has 0 fully saturated rings. The molecule has 0 saturated carbocycles. The Morgan fingerprint density at radius 2 is 1.89 bits per heavy atom. The van der Waals surface area contributed by atoms with Crippen LogP contribution in [0.1, 0.15) is 33.3 Å². The molecule has 0 bridgehead atoms. The Kier molecular flexibility index (Phi) is 6.23. The third kappa shape index (κ3) is 4.97. The van der Waals surface area contributed by atoms with Crippen LogP contribution in [0.4, 0.5) is 21.5 Å². The lowest BCUT2D eigenvalue weighted by molar-refractivity contribution is -0.387. The van der Waals surface area contributed by atoms with Gasteiger partial charge in [0.15, 0.2) is 0 Å². The summed E-state index contributed by atoms with van der Waals surface area (Å²) in [4.78, 5) is 22.5. The van der Waals surface area contributed by atoms with E-state index in [0.717, 1.165) is 17.7 Å². The second-order valence-corrected chi connectivity index (χ2v) is 7.44. The zero-order valence-corrected chi connectivity index (χ0v) is 16.5. The molecule has 2 N–H and O–H groups in total. The molecule has 2 aromatic rings. The summed E-state index contributed by atoms with van der Waals surface area (Å²) in [6.45, 7) is 7.89. The summed E-state index contributed by atoms with van der Waals surface area (Å²) in [6.07, 6.45) is 0. The highest BCUT2D eigenvalue weighted by Crippen LogP contribution is 2.32. The Morgan fingerprint density at radius 3 is 2.46 bits per heavy atom. The molecule has 2 aromatic carbocycles. The van der Waals surface area contributed by atoms with E-state index in [4.69, 9.17) is 4.74 Å². The fraction of sp³-hybridized carbons (Fsp3) is 0.350. The van der Waals surface area contributed by atoms with Crippen LogP contribution >= 0.6 is 0 Å². The third-order valence-electron chi connectivity index (χ3n) is 4.24. The third-order valence-corrected chi connectivity index (χ3v) is 4.24. The van der Waals surface area contributed by atoms with Crippen LogP contribution in [0.25, 0.3) is 0 Å². The van der Waals surface area contributed by atoms with E-state index in [1.54, 1.807) is 14.0 Å². The fourth-order valence-corrected chi connectivity index (χ4v) is 2.57. The second kappa shape index (κ2) is 8.24. The first-order valence-corrected chi connectivity index (χ1v) is 8.73. The Morgan fingerprint density at radius 1 is 1.21 bits per heavy atom. The number of nitro benzene ring substituents is 1. The number of halogens is 1. The molecule has 2 rings (SSSR count). The summed E-state index contributed by atoms with van der Waals surface area (Å²) in [5, 5.41) is 16.5. The number of hydrogen-bond acceptors (Lipinski definition) is 5. The number of nitro groups is 1. The molecular formula is C20H24FN3O4. The lowest BCUT2D eigenvalue weighted by Gasteiger charge is -2.23. The van der Waals surface area contributed by atoms with Gasteiger partial charge in [0, 0.05) is 11.8 Å². The van der Waals surface area contributed by atoms with E-state index in [0.29, 0.717) is 11.4 Å². The van der Waals surface area contributed by atoms with Crippen LogP contribution in [0.3, 0.4) is 0 Å². The van der Waals surface area contributed by atoms with E-state index in [1.165, 1.54) is 6.07 Å². The fourth-order valence-electron chi connectivity index (χ4n) is 2.57. The molecule has 0 aliphatic rings. The van der Waals surface area contributed by atoms with Gasteiger partial charge in [-0.25, -0.2) is 0 Å². The first-order valence-electron chi connectivity index (χ1n) is 8.73. The van der Waals surface area contributed by atoms with Gasteiger partial charge in [0.05, 0.1) is 17.7 Å². The first kappa shape index (κ1) is 21.1. The molecule has 0 radical (unpaired) electrons. The monoisotopic (exact) mass is 389 g/mol. The Balaban J connectivity index is 2.19. The van der Waals surface area contributed by atoms with Crippen LogP contribution < -0.4 is 15.4 Å². The van der Waals surface area contributed by atoms with Gasteiger partial charge in [-0.3, -0.25) is 14.9 Å². The quantitative estimate of drug-likeness (QED) is 0.561. The number of benzene rings is 2. The minimum atomic E-state index is -0.960. The molecule has 1 atom stereocenters. The summed E-state index contributed by atoms with van der Waals surface area (Å²) in [5.74, 6) is -0.799. The lowest BCUT2D eigenvalue weighted by atomic mass is 9.86. The number of anilines is 2. The highest BCUT2D eigenvalue weighted by atomic mass is 19.1. The maximum atomic E-state index is 13.4. The van der Waals surface area contributed by atoms with Crippen LogP contribution in [-0.4, -0.2) is 24.0 Å². The highest BCUT2D eigenvalue weighted by molar-refractivity contribution is 5.96. The molecule has 0 aliphatic heterocycles. The smallest absolute Gasteiger partial charge is 0.306 e. The molecule has 8 heteroatoms. The van der Waals surface area contributed by atoms with Gasteiger partial charge in [0.1, 0.15) is 11.8 Å². The molecule has 150 valence electrons. The van der Waals surface area contributed by atoms with Crippen molar-refractivity contribution in [3.8, 4) is 5.75 Å². The van der Waals surface area contributed by atoms with E-state index in [-0.39, 0.29) is 11.1 Å². The predicted molar refractivity (Wildman–Crippen MR) is 106 cm³/mol. The van der Waals surface area contributed by atoms with Crippen molar-refractivity contribution in [3.63, 3.8) is 0 Å². The van der Waals surface area contributed by atoms with Gasteiger partial charge in [0.25, 0.3) is 0 Å². The first-order chi connectivity index (χ1) is 13.0. The Hall–Kier alpha value is -3.16. The van der Waals surface area contributed by atoms with E-state index >= 15 is 0 Å². The maximum absolute atomic E-state index is 13.4. The van der Waals surface area contributed by atoms with Crippen LogP contribution in [0.2, 0.25) is 0 Å². The largest absolute Gasteiger partial charge is 0.495 e. The molecule has 0 aromatic heterocycles. The van der Waals surface area contributed by atoms with Crippen molar-refractivity contribution >= 4 is 23.0 Å². The molecule has 0 heterocycles.